The molecule has 27 heavy (non-hydrogen) atoms. The van der Waals surface area contributed by atoms with Crippen LogP contribution in [0.1, 0.15) is 36.0 Å². The fraction of sp³-hybridized carbons (Fsp3) is 0.333. The Labute approximate surface area is 178 Å². The number of unbranched alkanes of at least 4 members (excludes halogenated alkanes) is 1. The third kappa shape index (κ3) is 8.90. The van der Waals surface area contributed by atoms with Gasteiger partial charge in [0.05, 0.1) is 0 Å². The van der Waals surface area contributed by atoms with Crippen LogP contribution in [0.3, 0.4) is 0 Å². The predicted octanol–water partition coefficient (Wildman–Crippen LogP) is 4.56. The molecule has 0 aliphatic rings. The first-order valence-corrected chi connectivity index (χ1v) is 8.88. The summed E-state index contributed by atoms with van der Waals surface area (Å²) in [6.07, 6.45) is 1.91. The zero-order chi connectivity index (χ0) is 18.8. The topological polar surface area (TPSA) is 76.7 Å². The van der Waals surface area contributed by atoms with E-state index in [4.69, 9.17) is 10.5 Å². The molecule has 0 aliphatic carbocycles. The van der Waals surface area contributed by atoms with Gasteiger partial charge in [-0.3, -0.25) is 9.79 Å². The second kappa shape index (κ2) is 12.3. The van der Waals surface area contributed by atoms with Gasteiger partial charge < -0.3 is 15.8 Å². The fourth-order valence-corrected chi connectivity index (χ4v) is 2.40. The number of esters is 1. The molecule has 0 saturated heterocycles. The van der Waals surface area contributed by atoms with Gasteiger partial charge in [-0.2, -0.15) is 0 Å². The molecule has 0 saturated carbocycles. The van der Waals surface area contributed by atoms with E-state index >= 15 is 0 Å². The molecule has 2 aromatic carbocycles. The Morgan fingerprint density at radius 1 is 1.07 bits per heavy atom. The number of halogens is 1. The van der Waals surface area contributed by atoms with Gasteiger partial charge in [0.25, 0.3) is 0 Å². The Bertz CT molecular complexity index is 748. The summed E-state index contributed by atoms with van der Waals surface area (Å²) < 4.78 is 5.24. The van der Waals surface area contributed by atoms with E-state index in [1.54, 1.807) is 0 Å². The number of nitrogens with zero attached hydrogens (tertiary/aromatic N) is 1. The van der Waals surface area contributed by atoms with Gasteiger partial charge in [-0.1, -0.05) is 36.4 Å². The summed E-state index contributed by atoms with van der Waals surface area (Å²) in [6, 6.07) is 15.7. The van der Waals surface area contributed by atoms with Gasteiger partial charge in [0, 0.05) is 18.7 Å². The fourth-order valence-electron chi connectivity index (χ4n) is 2.40. The summed E-state index contributed by atoms with van der Waals surface area (Å²) in [5.74, 6) is 0.207. The number of carbonyl (C=O) groups excluding carboxylic acids is 1. The Morgan fingerprint density at radius 3 is 2.52 bits per heavy atom. The molecule has 0 aromatic heterocycles. The summed E-state index contributed by atoms with van der Waals surface area (Å²) in [7, 11) is 0. The number of hydrogen-bond acceptors (Lipinski definition) is 3. The monoisotopic (exact) mass is 481 g/mol. The van der Waals surface area contributed by atoms with Crippen LogP contribution in [-0.4, -0.2) is 18.5 Å². The number of benzene rings is 2. The smallest absolute Gasteiger partial charge is 0.306 e. The second-order valence-electron chi connectivity index (χ2n) is 6.29. The number of aliphatic imine (C=N–C) groups is 1. The number of nitrogens with one attached hydrogen (secondary N) is 1. The highest BCUT2D eigenvalue weighted by Gasteiger charge is 2.03. The van der Waals surface area contributed by atoms with Crippen molar-refractivity contribution in [2.75, 3.05) is 11.9 Å². The van der Waals surface area contributed by atoms with Crippen LogP contribution >= 0.6 is 24.0 Å². The minimum absolute atomic E-state index is 0. The second-order valence-corrected chi connectivity index (χ2v) is 6.29. The number of rotatable bonds is 8. The summed E-state index contributed by atoms with van der Waals surface area (Å²) in [5, 5.41) is 3.08. The number of nitrogens with two attached hydrogens (primary N) is 1. The molecule has 2 aromatic rings. The minimum Gasteiger partial charge on any atom is -0.461 e. The van der Waals surface area contributed by atoms with Crippen molar-refractivity contribution in [3.8, 4) is 0 Å². The molecule has 0 heterocycles. The zero-order valence-corrected chi connectivity index (χ0v) is 18.2. The standard InChI is InChI=1S/C21H27N3O2.HI/c1-16-11-12-19(14-17(16)2)24-21(22)23-13-7-6-10-20(25)26-15-18-8-4-3-5-9-18;/h3-5,8-9,11-12,14H,6-7,10,13,15H2,1-2H3,(H3,22,23,24);1H. The van der Waals surface area contributed by atoms with Gasteiger partial charge in [0.1, 0.15) is 6.61 Å². The summed E-state index contributed by atoms with van der Waals surface area (Å²) in [6.45, 7) is 5.03. The van der Waals surface area contributed by atoms with Crippen LogP contribution in [0.4, 0.5) is 5.69 Å². The number of guanidine groups is 1. The van der Waals surface area contributed by atoms with Gasteiger partial charge >= 0.3 is 5.97 Å². The lowest BCUT2D eigenvalue weighted by molar-refractivity contribution is -0.145. The Kier molecular flexibility index (Phi) is 10.5. The molecule has 0 bridgehead atoms. The van der Waals surface area contributed by atoms with Crippen LogP contribution in [-0.2, 0) is 16.1 Å². The SMILES string of the molecule is Cc1ccc(NC(N)=NCCCCC(=O)OCc2ccccc2)cc1C.I. The molecule has 6 heteroatoms. The third-order valence-electron chi connectivity index (χ3n) is 4.09. The molecule has 0 unspecified atom stereocenters. The first kappa shape index (κ1) is 23.0. The van der Waals surface area contributed by atoms with Crippen molar-refractivity contribution in [3.05, 3.63) is 65.2 Å². The zero-order valence-electron chi connectivity index (χ0n) is 15.9. The number of ether oxygens (including phenoxy) is 1. The maximum Gasteiger partial charge on any atom is 0.306 e. The van der Waals surface area contributed by atoms with Crippen molar-refractivity contribution in [3.63, 3.8) is 0 Å². The average Bonchev–Trinajstić information content (AvgIpc) is 2.63. The van der Waals surface area contributed by atoms with E-state index < -0.39 is 0 Å². The lowest BCUT2D eigenvalue weighted by Crippen LogP contribution is -2.23. The summed E-state index contributed by atoms with van der Waals surface area (Å²) >= 11 is 0. The van der Waals surface area contributed by atoms with Crippen molar-refractivity contribution in [1.82, 2.24) is 0 Å². The third-order valence-corrected chi connectivity index (χ3v) is 4.09. The van der Waals surface area contributed by atoms with Crippen molar-refractivity contribution in [2.45, 2.75) is 39.7 Å². The van der Waals surface area contributed by atoms with E-state index in [1.807, 2.05) is 48.5 Å². The molecule has 3 N–H and O–H groups in total. The van der Waals surface area contributed by atoms with E-state index in [0.717, 1.165) is 24.1 Å². The molecular weight excluding hydrogens is 453 g/mol. The Balaban J connectivity index is 0.00000364. The van der Waals surface area contributed by atoms with E-state index in [2.05, 4.69) is 24.2 Å². The van der Waals surface area contributed by atoms with Crippen molar-refractivity contribution in [1.29, 1.82) is 0 Å². The van der Waals surface area contributed by atoms with E-state index in [9.17, 15) is 4.79 Å². The molecule has 5 nitrogen and oxygen atoms in total. The van der Waals surface area contributed by atoms with Gasteiger partial charge in [-0.25, -0.2) is 0 Å². The number of anilines is 1. The van der Waals surface area contributed by atoms with Crippen LogP contribution in [0.2, 0.25) is 0 Å². The maximum absolute atomic E-state index is 11.7. The molecule has 146 valence electrons. The molecule has 0 spiro atoms. The average molecular weight is 481 g/mol. The molecule has 0 fully saturated rings. The van der Waals surface area contributed by atoms with Crippen LogP contribution in [0.15, 0.2) is 53.5 Å². The molecule has 0 radical (unpaired) electrons. The molecule has 0 atom stereocenters. The number of hydrogen-bond donors (Lipinski definition) is 2. The number of aryl methyl sites for hydroxylation is 2. The summed E-state index contributed by atoms with van der Waals surface area (Å²) in [4.78, 5) is 16.0. The Hall–Kier alpha value is -2.09. The first-order chi connectivity index (χ1) is 12.5. The van der Waals surface area contributed by atoms with Crippen LogP contribution in [0.5, 0.6) is 0 Å². The van der Waals surface area contributed by atoms with Crippen molar-refractivity contribution >= 4 is 41.6 Å². The molecular formula is C21H28IN3O2. The normalized spacial score (nSPS) is 10.8. The highest BCUT2D eigenvalue weighted by molar-refractivity contribution is 14.0. The van der Waals surface area contributed by atoms with Gasteiger partial charge in [0.2, 0.25) is 0 Å². The first-order valence-electron chi connectivity index (χ1n) is 8.88. The Morgan fingerprint density at radius 2 is 1.81 bits per heavy atom. The van der Waals surface area contributed by atoms with Crippen molar-refractivity contribution in [2.24, 2.45) is 10.7 Å². The minimum atomic E-state index is -0.181. The lowest BCUT2D eigenvalue weighted by atomic mass is 10.1. The van der Waals surface area contributed by atoms with Gasteiger partial charge in [0.15, 0.2) is 5.96 Å². The van der Waals surface area contributed by atoms with Crippen molar-refractivity contribution < 1.29 is 9.53 Å². The van der Waals surface area contributed by atoms with Crippen LogP contribution < -0.4 is 11.1 Å². The molecule has 0 amide bonds. The lowest BCUT2D eigenvalue weighted by Gasteiger charge is -2.08. The molecule has 0 aliphatic heterocycles. The van der Waals surface area contributed by atoms with Gasteiger partial charge in [-0.05, 0) is 55.5 Å². The summed E-state index contributed by atoms with van der Waals surface area (Å²) in [5.41, 5.74) is 10.3. The van der Waals surface area contributed by atoms with E-state index in [0.29, 0.717) is 25.5 Å². The highest BCUT2D eigenvalue weighted by atomic mass is 127. The highest BCUT2D eigenvalue weighted by Crippen LogP contribution is 2.13. The quantitative estimate of drug-likeness (QED) is 0.191. The van der Waals surface area contributed by atoms with E-state index in [1.165, 1.54) is 11.1 Å². The van der Waals surface area contributed by atoms with Crippen LogP contribution in [0, 0.1) is 13.8 Å². The largest absolute Gasteiger partial charge is 0.461 e. The van der Waals surface area contributed by atoms with E-state index in [-0.39, 0.29) is 29.9 Å². The van der Waals surface area contributed by atoms with Gasteiger partial charge in [-0.15, -0.1) is 24.0 Å². The predicted molar refractivity (Wildman–Crippen MR) is 122 cm³/mol. The molecule has 2 rings (SSSR count). The van der Waals surface area contributed by atoms with Crippen LogP contribution in [0.25, 0.3) is 0 Å². The maximum atomic E-state index is 11.7. The number of carbonyl (C=O) groups is 1.